The molecule has 7 heteroatoms. The van der Waals surface area contributed by atoms with Crippen LogP contribution in [0.4, 0.5) is 4.39 Å². The van der Waals surface area contributed by atoms with Crippen LogP contribution >= 0.6 is 0 Å². The maximum Gasteiger partial charge on any atom is 0.329 e. The molecule has 29 heavy (non-hydrogen) atoms. The zero-order valence-electron chi connectivity index (χ0n) is 16.6. The number of halogens is 1. The highest BCUT2D eigenvalue weighted by atomic mass is 19.1. The molecule has 0 bridgehead atoms. The summed E-state index contributed by atoms with van der Waals surface area (Å²) in [6.07, 6.45) is -1.08. The largest absolute Gasteiger partial charge is 0.484 e. The van der Waals surface area contributed by atoms with Crippen molar-refractivity contribution in [3.63, 3.8) is 0 Å². The molecule has 154 valence electrons. The van der Waals surface area contributed by atoms with Crippen molar-refractivity contribution in [1.29, 1.82) is 0 Å². The number of esters is 1. The molecule has 2 rings (SSSR count). The molecular formula is C22H24FNO5. The smallest absolute Gasteiger partial charge is 0.329 e. The summed E-state index contributed by atoms with van der Waals surface area (Å²) < 4.78 is 23.6. The molecule has 0 radical (unpaired) electrons. The van der Waals surface area contributed by atoms with Crippen LogP contribution in [0.5, 0.6) is 5.75 Å². The van der Waals surface area contributed by atoms with Crippen LogP contribution in [0.15, 0.2) is 54.6 Å². The first-order valence-electron chi connectivity index (χ1n) is 9.25. The molecule has 0 aliphatic carbocycles. The molecule has 0 fully saturated rings. The quantitative estimate of drug-likeness (QED) is 0.516. The third-order valence-electron chi connectivity index (χ3n) is 4.14. The van der Waals surface area contributed by atoms with Gasteiger partial charge in [0.15, 0.2) is 12.7 Å². The predicted molar refractivity (Wildman–Crippen MR) is 105 cm³/mol. The van der Waals surface area contributed by atoms with E-state index < -0.39 is 35.6 Å². The number of rotatable bonds is 9. The second kappa shape index (κ2) is 10.4. The number of ether oxygens (including phenoxy) is 2. The van der Waals surface area contributed by atoms with E-state index in [0.29, 0.717) is 5.75 Å². The number of carbonyl (C=O) groups excluding carboxylic acids is 3. The van der Waals surface area contributed by atoms with Crippen LogP contribution in [0.1, 0.15) is 31.1 Å². The van der Waals surface area contributed by atoms with Crippen LogP contribution in [0.3, 0.4) is 0 Å². The number of para-hydroxylation sites is 1. The van der Waals surface area contributed by atoms with Crippen LogP contribution < -0.4 is 10.1 Å². The summed E-state index contributed by atoms with van der Waals surface area (Å²) in [6.45, 7) is 4.67. The van der Waals surface area contributed by atoms with Gasteiger partial charge in [-0.15, -0.1) is 0 Å². The van der Waals surface area contributed by atoms with Crippen molar-refractivity contribution < 1.29 is 28.2 Å². The Morgan fingerprint density at radius 3 is 2.17 bits per heavy atom. The highest BCUT2D eigenvalue weighted by Crippen LogP contribution is 2.12. The van der Waals surface area contributed by atoms with Crippen LogP contribution in [-0.2, 0) is 14.3 Å². The van der Waals surface area contributed by atoms with E-state index in [2.05, 4.69) is 5.32 Å². The normalized spacial score (nSPS) is 12.7. The van der Waals surface area contributed by atoms with Crippen molar-refractivity contribution in [3.8, 4) is 5.75 Å². The third-order valence-corrected chi connectivity index (χ3v) is 4.14. The number of carbonyl (C=O) groups is 3. The molecule has 0 saturated carbocycles. The zero-order chi connectivity index (χ0) is 21.4. The van der Waals surface area contributed by atoms with Crippen molar-refractivity contribution in [1.82, 2.24) is 5.32 Å². The van der Waals surface area contributed by atoms with Crippen molar-refractivity contribution >= 4 is 17.7 Å². The summed E-state index contributed by atoms with van der Waals surface area (Å²) in [5, 5.41) is 2.58. The average Bonchev–Trinajstić information content (AvgIpc) is 2.70. The van der Waals surface area contributed by atoms with E-state index in [1.165, 1.54) is 19.1 Å². The van der Waals surface area contributed by atoms with E-state index in [1.807, 2.05) is 6.07 Å². The highest BCUT2D eigenvalue weighted by molar-refractivity contribution is 6.00. The van der Waals surface area contributed by atoms with Gasteiger partial charge in [0.1, 0.15) is 17.6 Å². The van der Waals surface area contributed by atoms with Gasteiger partial charge in [0.25, 0.3) is 5.91 Å². The second-order valence-electron chi connectivity index (χ2n) is 6.84. The Bertz CT molecular complexity index is 836. The fraction of sp³-hybridized carbons (Fsp3) is 0.318. The van der Waals surface area contributed by atoms with Crippen molar-refractivity contribution in [2.75, 3.05) is 6.61 Å². The van der Waals surface area contributed by atoms with Gasteiger partial charge >= 0.3 is 5.97 Å². The van der Waals surface area contributed by atoms with Gasteiger partial charge in [-0.2, -0.15) is 0 Å². The molecule has 0 saturated heterocycles. The third kappa shape index (κ3) is 6.71. The lowest BCUT2D eigenvalue weighted by Gasteiger charge is -2.23. The minimum absolute atomic E-state index is 0.230. The first-order chi connectivity index (χ1) is 13.8. The standard InChI is InChI=1S/C22H24FNO5/c1-14(2)20(24-19(25)13-28-18-7-5-4-6-8-18)22(27)29-15(3)21(26)16-9-11-17(23)12-10-16/h4-12,14-15,20H,13H2,1-3H3,(H,24,25)/t15-,20-/m0/s1. The fourth-order valence-corrected chi connectivity index (χ4v) is 2.53. The SMILES string of the molecule is CC(C)[C@H](NC(=O)COc1ccccc1)C(=O)O[C@@H](C)C(=O)c1ccc(F)cc1. The Morgan fingerprint density at radius 2 is 1.59 bits per heavy atom. The Morgan fingerprint density at radius 1 is 0.966 bits per heavy atom. The molecule has 0 aliphatic heterocycles. The Hall–Kier alpha value is -3.22. The summed E-state index contributed by atoms with van der Waals surface area (Å²) in [6, 6.07) is 12.8. The van der Waals surface area contributed by atoms with E-state index in [1.54, 1.807) is 38.1 Å². The van der Waals surface area contributed by atoms with E-state index in [4.69, 9.17) is 9.47 Å². The fourth-order valence-electron chi connectivity index (χ4n) is 2.53. The first-order valence-corrected chi connectivity index (χ1v) is 9.25. The molecule has 2 aromatic rings. The van der Waals surface area contributed by atoms with Gasteiger partial charge in [-0.05, 0) is 49.2 Å². The number of benzene rings is 2. The highest BCUT2D eigenvalue weighted by Gasteiger charge is 2.29. The number of nitrogens with one attached hydrogen (secondary N) is 1. The predicted octanol–water partition coefficient (Wildman–Crippen LogP) is 3.16. The van der Waals surface area contributed by atoms with Gasteiger partial charge in [0.2, 0.25) is 5.78 Å². The molecule has 0 heterocycles. The van der Waals surface area contributed by atoms with Gasteiger partial charge < -0.3 is 14.8 Å². The number of hydrogen-bond acceptors (Lipinski definition) is 5. The number of Topliss-reactive ketones (excluding diaryl/α,β-unsaturated/α-hetero) is 1. The second-order valence-corrected chi connectivity index (χ2v) is 6.84. The van der Waals surface area contributed by atoms with Gasteiger partial charge in [-0.3, -0.25) is 9.59 Å². The maximum absolute atomic E-state index is 13.0. The van der Waals surface area contributed by atoms with Crippen molar-refractivity contribution in [2.45, 2.75) is 32.9 Å². The van der Waals surface area contributed by atoms with Gasteiger partial charge in [0.05, 0.1) is 0 Å². The minimum Gasteiger partial charge on any atom is -0.484 e. The van der Waals surface area contributed by atoms with Crippen molar-refractivity contribution in [3.05, 3.63) is 66.0 Å². The van der Waals surface area contributed by atoms with E-state index in [9.17, 15) is 18.8 Å². The van der Waals surface area contributed by atoms with E-state index in [0.717, 1.165) is 12.1 Å². The van der Waals surface area contributed by atoms with Crippen LogP contribution in [0.25, 0.3) is 0 Å². The molecule has 0 spiro atoms. The molecule has 2 atom stereocenters. The molecule has 6 nitrogen and oxygen atoms in total. The number of amides is 1. The summed E-state index contributed by atoms with van der Waals surface area (Å²) in [7, 11) is 0. The van der Waals surface area contributed by atoms with E-state index >= 15 is 0 Å². The van der Waals surface area contributed by atoms with Gasteiger partial charge in [-0.1, -0.05) is 32.0 Å². The Balaban J connectivity index is 1.93. The molecule has 0 aromatic heterocycles. The number of ketones is 1. The number of hydrogen-bond donors (Lipinski definition) is 1. The van der Waals surface area contributed by atoms with Crippen LogP contribution in [0.2, 0.25) is 0 Å². The van der Waals surface area contributed by atoms with Crippen molar-refractivity contribution in [2.24, 2.45) is 5.92 Å². The van der Waals surface area contributed by atoms with Gasteiger partial charge in [0, 0.05) is 5.56 Å². The molecule has 2 aromatic carbocycles. The summed E-state index contributed by atoms with van der Waals surface area (Å²) >= 11 is 0. The topological polar surface area (TPSA) is 81.7 Å². The van der Waals surface area contributed by atoms with Gasteiger partial charge in [-0.25, -0.2) is 9.18 Å². The lowest BCUT2D eigenvalue weighted by molar-refractivity contribution is -0.151. The summed E-state index contributed by atoms with van der Waals surface area (Å²) in [5.74, 6) is -1.87. The molecule has 0 aliphatic rings. The average molecular weight is 401 g/mol. The first kappa shape index (κ1) is 22.1. The Labute approximate surface area is 169 Å². The minimum atomic E-state index is -1.08. The summed E-state index contributed by atoms with van der Waals surface area (Å²) in [5.41, 5.74) is 0.230. The lowest BCUT2D eigenvalue weighted by Crippen LogP contribution is -2.48. The Kier molecular flexibility index (Phi) is 7.88. The lowest BCUT2D eigenvalue weighted by atomic mass is 10.0. The van der Waals surface area contributed by atoms with Crippen LogP contribution in [-0.4, -0.2) is 36.4 Å². The molecule has 1 amide bonds. The molecule has 1 N–H and O–H groups in total. The maximum atomic E-state index is 13.0. The van der Waals surface area contributed by atoms with Crippen LogP contribution in [0, 0.1) is 11.7 Å². The zero-order valence-corrected chi connectivity index (χ0v) is 16.6. The van der Waals surface area contributed by atoms with E-state index in [-0.39, 0.29) is 18.1 Å². The monoisotopic (exact) mass is 401 g/mol. The molecule has 0 unspecified atom stereocenters. The summed E-state index contributed by atoms with van der Waals surface area (Å²) in [4.78, 5) is 37.0. The molecular weight excluding hydrogens is 377 g/mol.